The zero-order chi connectivity index (χ0) is 11.7. The fourth-order valence-electron chi connectivity index (χ4n) is 0.701. The SMILES string of the molecule is CC(=O)CC(C)=O.CC(=O)CC(C)=O.[O-2].[O-2].[V+4]. The minimum atomic E-state index is -0.0625. The molecule has 0 aromatic rings. The molecule has 0 N–H and O–H groups in total. The number of rotatable bonds is 4. The molecule has 0 saturated heterocycles. The standard InChI is InChI=1S/2C5H8O2.2O.V/c2*1-4(6)3-5(2)7;;;/h2*3H2,1-2H3;;;/q;;2*-2;+4. The van der Waals surface area contributed by atoms with E-state index < -0.39 is 0 Å². The molecule has 0 aromatic carbocycles. The van der Waals surface area contributed by atoms with Crippen molar-refractivity contribution in [3.8, 4) is 0 Å². The summed E-state index contributed by atoms with van der Waals surface area (Å²) in [6.07, 6.45) is 0.167. The summed E-state index contributed by atoms with van der Waals surface area (Å²) in [6, 6.07) is 0. The van der Waals surface area contributed by atoms with Gasteiger partial charge in [0.15, 0.2) is 0 Å². The van der Waals surface area contributed by atoms with Crippen LogP contribution in [0.5, 0.6) is 0 Å². The van der Waals surface area contributed by atoms with Crippen molar-refractivity contribution in [1.82, 2.24) is 0 Å². The van der Waals surface area contributed by atoms with E-state index in [0.29, 0.717) is 0 Å². The maximum atomic E-state index is 10.0. The Balaban J connectivity index is -0.0000000480. The van der Waals surface area contributed by atoms with Crippen LogP contribution in [0.2, 0.25) is 0 Å². The molecule has 0 rings (SSSR count). The van der Waals surface area contributed by atoms with Gasteiger partial charge in [0.25, 0.3) is 0 Å². The predicted molar refractivity (Wildman–Crippen MR) is 53.3 cm³/mol. The molecule has 0 aliphatic rings. The Labute approximate surface area is 113 Å². The Morgan fingerprint density at radius 2 is 0.706 bits per heavy atom. The zero-order valence-electron chi connectivity index (χ0n) is 10.3. The summed E-state index contributed by atoms with van der Waals surface area (Å²) in [6.45, 7) is 5.62. The van der Waals surface area contributed by atoms with Crippen molar-refractivity contribution in [3.63, 3.8) is 0 Å². The van der Waals surface area contributed by atoms with Crippen molar-refractivity contribution in [2.75, 3.05) is 0 Å². The van der Waals surface area contributed by atoms with Crippen LogP contribution in [-0.4, -0.2) is 23.1 Å². The molecule has 0 aliphatic heterocycles. The second kappa shape index (κ2) is 17.6. The van der Waals surface area contributed by atoms with Gasteiger partial charge in [-0.3, -0.25) is 19.2 Å². The van der Waals surface area contributed by atoms with Crippen LogP contribution in [0.4, 0.5) is 0 Å². The van der Waals surface area contributed by atoms with Gasteiger partial charge in [0, 0.05) is 0 Å². The molecule has 0 unspecified atom stereocenters. The van der Waals surface area contributed by atoms with Crippen molar-refractivity contribution in [2.45, 2.75) is 40.5 Å². The monoisotopic (exact) mass is 283 g/mol. The van der Waals surface area contributed by atoms with Crippen LogP contribution in [0.1, 0.15) is 40.5 Å². The van der Waals surface area contributed by atoms with E-state index in [2.05, 4.69) is 0 Å². The number of hydrogen-bond donors (Lipinski definition) is 0. The molecule has 97 valence electrons. The average Bonchev–Trinajstić information content (AvgIpc) is 1.79. The Morgan fingerprint density at radius 3 is 0.706 bits per heavy atom. The molecule has 0 atom stereocenters. The summed E-state index contributed by atoms with van der Waals surface area (Å²) >= 11 is 0. The van der Waals surface area contributed by atoms with Crippen molar-refractivity contribution >= 4 is 23.1 Å². The molecule has 0 bridgehead atoms. The summed E-state index contributed by atoms with van der Waals surface area (Å²) in [5.41, 5.74) is 0. The third kappa shape index (κ3) is 51.1. The van der Waals surface area contributed by atoms with Crippen LogP contribution >= 0.6 is 0 Å². The van der Waals surface area contributed by atoms with E-state index >= 15 is 0 Å². The molecule has 17 heavy (non-hydrogen) atoms. The van der Waals surface area contributed by atoms with E-state index in [4.69, 9.17) is 0 Å². The van der Waals surface area contributed by atoms with Crippen molar-refractivity contribution < 1.29 is 48.7 Å². The fraction of sp³-hybridized carbons (Fsp3) is 0.600. The van der Waals surface area contributed by atoms with E-state index in [9.17, 15) is 19.2 Å². The Hall–Kier alpha value is -0.816. The van der Waals surface area contributed by atoms with Crippen LogP contribution < -0.4 is 0 Å². The molecule has 0 heterocycles. The summed E-state index contributed by atoms with van der Waals surface area (Å²) in [5, 5.41) is 0. The fourth-order valence-corrected chi connectivity index (χ4v) is 0.701. The van der Waals surface area contributed by atoms with E-state index in [0.717, 1.165) is 0 Å². The second-order valence-electron chi connectivity index (χ2n) is 3.16. The Kier molecular flexibility index (Phi) is 30.8. The third-order valence-corrected chi connectivity index (χ3v) is 0.996. The normalized spacial score (nSPS) is 6.82. The number of hydrogen-bond acceptors (Lipinski definition) is 4. The maximum absolute atomic E-state index is 10.0. The van der Waals surface area contributed by atoms with Gasteiger partial charge in [-0.2, -0.15) is 0 Å². The van der Waals surface area contributed by atoms with E-state index in [1.54, 1.807) is 0 Å². The van der Waals surface area contributed by atoms with Crippen LogP contribution in [0, 0.1) is 0 Å². The number of carbonyl (C=O) groups excluding carboxylic acids is 4. The van der Waals surface area contributed by atoms with E-state index in [1.165, 1.54) is 27.7 Å². The topological polar surface area (TPSA) is 125 Å². The van der Waals surface area contributed by atoms with Crippen LogP contribution in [0.3, 0.4) is 0 Å². The van der Waals surface area contributed by atoms with Crippen molar-refractivity contribution in [1.29, 1.82) is 0 Å². The largest absolute Gasteiger partial charge is 4.00 e. The summed E-state index contributed by atoms with van der Waals surface area (Å²) in [5.74, 6) is -0.250. The molecule has 7 heteroatoms. The van der Waals surface area contributed by atoms with Crippen LogP contribution in [-0.2, 0) is 48.7 Å². The van der Waals surface area contributed by atoms with Gasteiger partial charge < -0.3 is 11.0 Å². The van der Waals surface area contributed by atoms with E-state index in [1.807, 2.05) is 0 Å². The maximum Gasteiger partial charge on any atom is 4.00 e. The molecular weight excluding hydrogens is 267 g/mol. The molecule has 6 nitrogen and oxygen atoms in total. The first kappa shape index (κ1) is 29.8. The van der Waals surface area contributed by atoms with Crippen LogP contribution in [0.15, 0.2) is 0 Å². The minimum absolute atomic E-state index is 0. The number of carbonyl (C=O) groups is 4. The first-order chi connectivity index (χ1) is 6.25. The first-order valence-electron chi connectivity index (χ1n) is 4.23. The summed E-state index contributed by atoms with van der Waals surface area (Å²) < 4.78 is 0. The molecule has 0 fully saturated rings. The molecule has 0 amide bonds. The number of ketones is 4. The quantitative estimate of drug-likeness (QED) is 0.709. The smallest absolute Gasteiger partial charge is 2.00 e. The molecule has 0 spiro atoms. The van der Waals surface area contributed by atoms with Gasteiger partial charge in [-0.25, -0.2) is 0 Å². The van der Waals surface area contributed by atoms with Gasteiger partial charge in [0.05, 0.1) is 12.8 Å². The Morgan fingerprint density at radius 1 is 0.588 bits per heavy atom. The molecule has 0 saturated carbocycles. The van der Waals surface area contributed by atoms with Gasteiger partial charge in [-0.15, -0.1) is 0 Å². The average molecular weight is 283 g/mol. The zero-order valence-corrected chi connectivity index (χ0v) is 11.7. The van der Waals surface area contributed by atoms with Gasteiger partial charge >= 0.3 is 18.6 Å². The summed E-state index contributed by atoms with van der Waals surface area (Å²) in [4.78, 5) is 40.1. The molecule has 0 aliphatic carbocycles. The van der Waals surface area contributed by atoms with Crippen molar-refractivity contribution in [2.24, 2.45) is 0 Å². The Bertz CT molecular complexity index is 199. The van der Waals surface area contributed by atoms with Crippen molar-refractivity contribution in [3.05, 3.63) is 0 Å². The summed E-state index contributed by atoms with van der Waals surface area (Å²) in [7, 11) is 0. The molecular formula is C10H16O6V. The second-order valence-corrected chi connectivity index (χ2v) is 3.16. The van der Waals surface area contributed by atoms with Crippen LogP contribution in [0.25, 0.3) is 0 Å². The van der Waals surface area contributed by atoms with Gasteiger partial charge in [-0.05, 0) is 27.7 Å². The van der Waals surface area contributed by atoms with E-state index in [-0.39, 0.29) is 65.5 Å². The first-order valence-corrected chi connectivity index (χ1v) is 4.23. The molecule has 0 aromatic heterocycles. The van der Waals surface area contributed by atoms with Gasteiger partial charge in [0.2, 0.25) is 0 Å². The molecule has 1 radical (unpaired) electrons. The third-order valence-electron chi connectivity index (χ3n) is 0.996. The minimum Gasteiger partial charge on any atom is -2.00 e. The predicted octanol–water partition coefficient (Wildman–Crippen LogP) is 0.869. The number of Topliss-reactive ketones (excluding diaryl/α,β-unsaturated/α-hetero) is 4. The van der Waals surface area contributed by atoms with Gasteiger partial charge in [-0.1, -0.05) is 0 Å². The van der Waals surface area contributed by atoms with Gasteiger partial charge in [0.1, 0.15) is 23.1 Å².